The summed E-state index contributed by atoms with van der Waals surface area (Å²) < 4.78 is 25.1. The lowest BCUT2D eigenvalue weighted by Gasteiger charge is -2.32. The van der Waals surface area contributed by atoms with E-state index in [0.717, 1.165) is 29.7 Å². The summed E-state index contributed by atoms with van der Waals surface area (Å²) in [5.41, 5.74) is 1.51. The Morgan fingerprint density at radius 1 is 0.929 bits per heavy atom. The van der Waals surface area contributed by atoms with Gasteiger partial charge in [0.15, 0.2) is 0 Å². The smallest absolute Gasteiger partial charge is 0.240 e. The standard InChI is InChI=1S/C32H31FN4O5/c1-41-29-18-25-26(19-27(29)37-16-11-23(38)12-17-37)34-15-10-28(25)42-24-8-6-22(7-9-24)36-31(40)32(13-14-32)30(39)35-21-4-2-20(33)3-5-21/h2-10,15,18-19,23,38H,11-14,16-17H2,1H3,(H,35,39)(H,36,40). The van der Waals surface area contributed by atoms with Gasteiger partial charge in [-0.2, -0.15) is 0 Å². The monoisotopic (exact) mass is 570 g/mol. The van der Waals surface area contributed by atoms with E-state index in [1.54, 1.807) is 43.6 Å². The van der Waals surface area contributed by atoms with Gasteiger partial charge in [-0.3, -0.25) is 14.6 Å². The molecular formula is C32H31FN4O5. The number of ether oxygens (including phenoxy) is 2. The molecule has 2 amide bonds. The van der Waals surface area contributed by atoms with Crippen LogP contribution in [0.25, 0.3) is 10.9 Å². The van der Waals surface area contributed by atoms with Crippen molar-refractivity contribution in [3.63, 3.8) is 0 Å². The van der Waals surface area contributed by atoms with Gasteiger partial charge in [-0.15, -0.1) is 0 Å². The average molecular weight is 571 g/mol. The van der Waals surface area contributed by atoms with Crippen molar-refractivity contribution in [1.29, 1.82) is 0 Å². The minimum absolute atomic E-state index is 0.271. The van der Waals surface area contributed by atoms with E-state index in [-0.39, 0.29) is 12.0 Å². The molecule has 1 saturated heterocycles. The molecule has 1 aliphatic heterocycles. The second-order valence-corrected chi connectivity index (χ2v) is 10.7. The van der Waals surface area contributed by atoms with Gasteiger partial charge in [0, 0.05) is 36.0 Å². The maximum Gasteiger partial charge on any atom is 0.240 e. The second-order valence-electron chi connectivity index (χ2n) is 10.7. The van der Waals surface area contributed by atoms with E-state index in [0.29, 0.717) is 54.3 Å². The van der Waals surface area contributed by atoms with E-state index < -0.39 is 17.1 Å². The lowest BCUT2D eigenvalue weighted by atomic mass is 10.0. The highest BCUT2D eigenvalue weighted by molar-refractivity contribution is 6.16. The molecule has 1 aromatic heterocycles. The maximum absolute atomic E-state index is 13.2. The van der Waals surface area contributed by atoms with E-state index in [1.165, 1.54) is 24.3 Å². The molecule has 1 aliphatic carbocycles. The highest BCUT2D eigenvalue weighted by atomic mass is 19.1. The molecule has 4 aromatic rings. The lowest BCUT2D eigenvalue weighted by Crippen LogP contribution is -2.36. The number of benzene rings is 3. The SMILES string of the molecule is COc1cc2c(Oc3ccc(NC(=O)C4(C(=O)Nc5ccc(F)cc5)CC4)cc3)ccnc2cc1N1CCC(O)CC1. The summed E-state index contributed by atoms with van der Waals surface area (Å²) in [7, 11) is 1.63. The van der Waals surface area contributed by atoms with E-state index in [1.807, 2.05) is 12.1 Å². The second kappa shape index (κ2) is 11.3. The number of fused-ring (bicyclic) bond motifs is 1. The third-order valence-electron chi connectivity index (χ3n) is 7.87. The van der Waals surface area contributed by atoms with Crippen LogP contribution in [0.5, 0.6) is 17.2 Å². The van der Waals surface area contributed by atoms with E-state index in [2.05, 4.69) is 20.5 Å². The van der Waals surface area contributed by atoms with Gasteiger partial charge in [0.05, 0.1) is 24.4 Å². The van der Waals surface area contributed by atoms with Crippen LogP contribution in [0.15, 0.2) is 72.9 Å². The van der Waals surface area contributed by atoms with Crippen molar-refractivity contribution in [1.82, 2.24) is 4.98 Å². The van der Waals surface area contributed by atoms with Gasteiger partial charge in [-0.25, -0.2) is 4.39 Å². The number of rotatable bonds is 8. The van der Waals surface area contributed by atoms with Gasteiger partial charge in [0.25, 0.3) is 0 Å². The molecule has 2 aliphatic rings. The zero-order valence-corrected chi connectivity index (χ0v) is 23.1. The summed E-state index contributed by atoms with van der Waals surface area (Å²) in [6, 6.07) is 18.0. The number of methoxy groups -OCH3 is 1. The van der Waals surface area contributed by atoms with E-state index in [9.17, 15) is 19.1 Å². The fourth-order valence-corrected chi connectivity index (χ4v) is 5.19. The fraction of sp³-hybridized carbons (Fsp3) is 0.281. The van der Waals surface area contributed by atoms with Crippen LogP contribution < -0.4 is 25.0 Å². The molecule has 0 spiro atoms. The first kappa shape index (κ1) is 27.5. The minimum Gasteiger partial charge on any atom is -0.495 e. The van der Waals surface area contributed by atoms with Crippen LogP contribution in [0.1, 0.15) is 25.7 Å². The van der Waals surface area contributed by atoms with Crippen molar-refractivity contribution in [3.05, 3.63) is 78.7 Å². The number of halogens is 1. The number of piperidine rings is 1. The number of hydrogen-bond acceptors (Lipinski definition) is 7. The van der Waals surface area contributed by atoms with Crippen LogP contribution in [0, 0.1) is 11.2 Å². The Morgan fingerprint density at radius 3 is 2.14 bits per heavy atom. The molecule has 0 unspecified atom stereocenters. The normalized spacial score (nSPS) is 16.1. The van der Waals surface area contributed by atoms with Crippen LogP contribution in [0.4, 0.5) is 21.5 Å². The van der Waals surface area contributed by atoms with Crippen molar-refractivity contribution >= 4 is 39.8 Å². The number of anilines is 3. The van der Waals surface area contributed by atoms with Gasteiger partial charge in [0.1, 0.15) is 28.5 Å². The largest absolute Gasteiger partial charge is 0.495 e. The van der Waals surface area contributed by atoms with Crippen molar-refractivity contribution in [2.24, 2.45) is 5.41 Å². The molecule has 216 valence electrons. The number of pyridine rings is 1. The summed E-state index contributed by atoms with van der Waals surface area (Å²) in [6.45, 7) is 1.48. The molecule has 9 nitrogen and oxygen atoms in total. The topological polar surface area (TPSA) is 113 Å². The average Bonchev–Trinajstić information content (AvgIpc) is 3.82. The Labute approximate surface area is 242 Å². The van der Waals surface area contributed by atoms with Crippen molar-refractivity contribution in [2.45, 2.75) is 31.8 Å². The first-order chi connectivity index (χ1) is 20.3. The molecule has 0 atom stereocenters. The highest BCUT2D eigenvalue weighted by Gasteiger charge is 2.56. The van der Waals surface area contributed by atoms with Gasteiger partial charge in [-0.05, 0) is 92.4 Å². The molecule has 1 saturated carbocycles. The number of amides is 2. The summed E-state index contributed by atoms with van der Waals surface area (Å²) >= 11 is 0. The highest BCUT2D eigenvalue weighted by Crippen LogP contribution is 2.47. The van der Waals surface area contributed by atoms with Gasteiger partial charge >= 0.3 is 0 Å². The molecule has 3 aromatic carbocycles. The number of nitrogens with one attached hydrogen (secondary N) is 2. The summed E-state index contributed by atoms with van der Waals surface area (Å²) in [5, 5.41) is 16.2. The number of nitrogens with zero attached hydrogens (tertiary/aromatic N) is 2. The van der Waals surface area contributed by atoms with Gasteiger partial charge in [-0.1, -0.05) is 0 Å². The molecule has 0 bridgehead atoms. The molecule has 6 rings (SSSR count). The minimum atomic E-state index is -1.15. The molecule has 42 heavy (non-hydrogen) atoms. The number of aliphatic hydroxyl groups is 1. The van der Waals surface area contributed by atoms with Gasteiger partial charge < -0.3 is 30.1 Å². The Hall–Kier alpha value is -4.70. The number of carbonyl (C=O) groups is 2. The zero-order chi connectivity index (χ0) is 29.3. The predicted octanol–water partition coefficient (Wildman–Crippen LogP) is 5.49. The molecule has 10 heteroatoms. The summed E-state index contributed by atoms with van der Waals surface area (Å²) in [5.74, 6) is 0.663. The molecular weight excluding hydrogens is 539 g/mol. The van der Waals surface area contributed by atoms with Crippen molar-refractivity contribution in [2.75, 3.05) is 35.7 Å². The quantitative estimate of drug-likeness (QED) is 0.240. The van der Waals surface area contributed by atoms with Gasteiger partial charge in [0.2, 0.25) is 11.8 Å². The fourth-order valence-electron chi connectivity index (χ4n) is 5.19. The Balaban J connectivity index is 1.14. The van der Waals surface area contributed by atoms with Crippen LogP contribution >= 0.6 is 0 Å². The molecule has 2 fully saturated rings. The zero-order valence-electron chi connectivity index (χ0n) is 23.1. The summed E-state index contributed by atoms with van der Waals surface area (Å²) in [4.78, 5) is 32.6. The number of hydrogen-bond donors (Lipinski definition) is 3. The van der Waals surface area contributed by atoms with Crippen LogP contribution in [0.2, 0.25) is 0 Å². The first-order valence-corrected chi connectivity index (χ1v) is 13.9. The summed E-state index contributed by atoms with van der Waals surface area (Å²) in [6.07, 6.45) is 3.71. The van der Waals surface area contributed by atoms with Crippen molar-refractivity contribution < 1.29 is 28.6 Å². The molecule has 0 radical (unpaired) electrons. The number of carbonyl (C=O) groups excluding carboxylic acids is 2. The lowest BCUT2D eigenvalue weighted by molar-refractivity contribution is -0.131. The Kier molecular flexibility index (Phi) is 7.38. The van der Waals surface area contributed by atoms with Crippen LogP contribution in [0.3, 0.4) is 0 Å². The Bertz CT molecular complexity index is 1620. The third-order valence-corrected chi connectivity index (χ3v) is 7.87. The molecule has 3 N–H and O–H groups in total. The van der Waals surface area contributed by atoms with E-state index in [4.69, 9.17) is 9.47 Å². The number of aliphatic hydroxyl groups excluding tert-OH is 1. The third kappa shape index (κ3) is 5.58. The van der Waals surface area contributed by atoms with E-state index >= 15 is 0 Å². The van der Waals surface area contributed by atoms with Crippen molar-refractivity contribution in [3.8, 4) is 17.2 Å². The Morgan fingerprint density at radius 2 is 1.55 bits per heavy atom. The van der Waals surface area contributed by atoms with Crippen LogP contribution in [-0.4, -0.2) is 48.2 Å². The first-order valence-electron chi connectivity index (χ1n) is 13.9. The number of aromatic nitrogens is 1. The molecule has 2 heterocycles. The van der Waals surface area contributed by atoms with Crippen LogP contribution in [-0.2, 0) is 9.59 Å². The maximum atomic E-state index is 13.2. The predicted molar refractivity (Wildman–Crippen MR) is 158 cm³/mol.